The zero-order valence-electron chi connectivity index (χ0n) is 9.52. The summed E-state index contributed by atoms with van der Waals surface area (Å²) in [6.07, 6.45) is 0. The third-order valence-corrected chi connectivity index (χ3v) is 2.85. The largest absolute Gasteiger partial charge is 0.329 e. The van der Waals surface area contributed by atoms with E-state index in [2.05, 4.69) is 0 Å². The highest BCUT2D eigenvalue weighted by atomic mass is 35.5. The van der Waals surface area contributed by atoms with Crippen LogP contribution < -0.4 is 4.90 Å². The molecule has 2 aromatic rings. The molecule has 0 unspecified atom stereocenters. The van der Waals surface area contributed by atoms with Gasteiger partial charge in [-0.05, 0) is 36.4 Å². The van der Waals surface area contributed by atoms with E-state index in [1.807, 2.05) is 54.4 Å². The Morgan fingerprint density at radius 2 is 1.59 bits per heavy atom. The average Bonchev–Trinajstić information content (AvgIpc) is 2.39. The smallest absolute Gasteiger partial charge is 0.132 e. The standard InChI is InChI=1S/C14H13ClN2/c1-17(13-5-3-2-4-6-13)14(16)11-7-9-12(15)10-8-11/h2-10,16H,1H3. The Kier molecular flexibility index (Phi) is 3.45. The van der Waals surface area contributed by atoms with Crippen LogP contribution in [0.25, 0.3) is 0 Å². The van der Waals surface area contributed by atoms with Crippen molar-refractivity contribution in [3.05, 3.63) is 65.2 Å². The first kappa shape index (κ1) is 11.7. The van der Waals surface area contributed by atoms with Gasteiger partial charge in [-0.15, -0.1) is 0 Å². The van der Waals surface area contributed by atoms with Crippen LogP contribution in [0.3, 0.4) is 0 Å². The van der Waals surface area contributed by atoms with E-state index in [1.165, 1.54) is 0 Å². The minimum Gasteiger partial charge on any atom is -0.329 e. The van der Waals surface area contributed by atoms with Crippen LogP contribution in [0.15, 0.2) is 54.6 Å². The molecule has 3 heteroatoms. The summed E-state index contributed by atoms with van der Waals surface area (Å²) >= 11 is 5.83. The summed E-state index contributed by atoms with van der Waals surface area (Å²) in [6.45, 7) is 0. The maximum Gasteiger partial charge on any atom is 0.132 e. The van der Waals surface area contributed by atoms with Crippen molar-refractivity contribution < 1.29 is 0 Å². The van der Waals surface area contributed by atoms with Gasteiger partial charge in [-0.25, -0.2) is 0 Å². The molecular formula is C14H13ClN2. The monoisotopic (exact) mass is 244 g/mol. The van der Waals surface area contributed by atoms with Gasteiger partial charge in [0.2, 0.25) is 0 Å². The third kappa shape index (κ3) is 2.66. The third-order valence-electron chi connectivity index (χ3n) is 2.60. The van der Waals surface area contributed by atoms with Gasteiger partial charge in [0, 0.05) is 23.3 Å². The fraction of sp³-hybridized carbons (Fsp3) is 0.0714. The van der Waals surface area contributed by atoms with Gasteiger partial charge in [-0.3, -0.25) is 5.41 Å². The first-order valence-electron chi connectivity index (χ1n) is 5.32. The number of para-hydroxylation sites is 1. The summed E-state index contributed by atoms with van der Waals surface area (Å²) < 4.78 is 0. The van der Waals surface area contributed by atoms with Crippen molar-refractivity contribution in [3.8, 4) is 0 Å². The molecule has 0 aliphatic heterocycles. The molecule has 0 radical (unpaired) electrons. The van der Waals surface area contributed by atoms with Crippen molar-refractivity contribution in [1.29, 1.82) is 5.41 Å². The number of amidine groups is 1. The van der Waals surface area contributed by atoms with E-state index in [1.54, 1.807) is 12.1 Å². The van der Waals surface area contributed by atoms with Crippen LogP contribution in [0.4, 0.5) is 5.69 Å². The molecule has 86 valence electrons. The Bertz CT molecular complexity index is 506. The lowest BCUT2D eigenvalue weighted by atomic mass is 10.2. The topological polar surface area (TPSA) is 27.1 Å². The number of nitrogens with zero attached hydrogens (tertiary/aromatic N) is 1. The van der Waals surface area contributed by atoms with E-state index in [0.717, 1.165) is 11.3 Å². The average molecular weight is 245 g/mol. The van der Waals surface area contributed by atoms with Crippen molar-refractivity contribution >= 4 is 23.1 Å². The molecule has 0 aromatic heterocycles. The van der Waals surface area contributed by atoms with Gasteiger partial charge >= 0.3 is 0 Å². The molecule has 1 N–H and O–H groups in total. The zero-order valence-corrected chi connectivity index (χ0v) is 10.3. The summed E-state index contributed by atoms with van der Waals surface area (Å²) in [5.41, 5.74) is 1.84. The van der Waals surface area contributed by atoms with Crippen LogP contribution in [-0.4, -0.2) is 12.9 Å². The summed E-state index contributed by atoms with van der Waals surface area (Å²) in [5, 5.41) is 8.81. The minimum atomic E-state index is 0.452. The lowest BCUT2D eigenvalue weighted by Crippen LogP contribution is -2.26. The zero-order chi connectivity index (χ0) is 12.3. The number of benzene rings is 2. The van der Waals surface area contributed by atoms with Crippen molar-refractivity contribution in [2.45, 2.75) is 0 Å². The predicted octanol–water partition coefficient (Wildman–Crippen LogP) is 3.80. The lowest BCUT2D eigenvalue weighted by Gasteiger charge is -2.20. The predicted molar refractivity (Wildman–Crippen MR) is 73.1 cm³/mol. The molecule has 0 heterocycles. The highest BCUT2D eigenvalue weighted by Gasteiger charge is 2.08. The second-order valence-corrected chi connectivity index (χ2v) is 4.19. The molecule has 0 fully saturated rings. The molecule has 0 saturated carbocycles. The first-order valence-corrected chi connectivity index (χ1v) is 5.69. The lowest BCUT2D eigenvalue weighted by molar-refractivity contribution is 1.22. The molecule has 2 aromatic carbocycles. The van der Waals surface area contributed by atoms with Crippen molar-refractivity contribution in [1.82, 2.24) is 0 Å². The maximum atomic E-state index is 8.13. The van der Waals surface area contributed by atoms with E-state index in [0.29, 0.717) is 10.9 Å². The number of halogens is 1. The van der Waals surface area contributed by atoms with Gasteiger partial charge in [0.25, 0.3) is 0 Å². The minimum absolute atomic E-state index is 0.452. The quantitative estimate of drug-likeness (QED) is 0.631. The SMILES string of the molecule is CN(C(=N)c1ccc(Cl)cc1)c1ccccc1. The highest BCUT2D eigenvalue weighted by molar-refractivity contribution is 6.30. The first-order chi connectivity index (χ1) is 8.18. The van der Waals surface area contributed by atoms with E-state index in [4.69, 9.17) is 17.0 Å². The Hall–Kier alpha value is -1.80. The molecule has 2 nitrogen and oxygen atoms in total. The number of anilines is 1. The van der Waals surface area contributed by atoms with Gasteiger partial charge in [-0.2, -0.15) is 0 Å². The van der Waals surface area contributed by atoms with E-state index in [9.17, 15) is 0 Å². The van der Waals surface area contributed by atoms with Crippen LogP contribution in [0.5, 0.6) is 0 Å². The molecule has 0 spiro atoms. The fourth-order valence-corrected chi connectivity index (χ4v) is 1.71. The van der Waals surface area contributed by atoms with Crippen LogP contribution in [-0.2, 0) is 0 Å². The summed E-state index contributed by atoms with van der Waals surface area (Å²) in [4.78, 5) is 1.84. The van der Waals surface area contributed by atoms with Gasteiger partial charge in [0.1, 0.15) is 5.84 Å². The van der Waals surface area contributed by atoms with Crippen molar-refractivity contribution in [2.24, 2.45) is 0 Å². The molecule has 2 rings (SSSR count). The Labute approximate surface area is 106 Å². The van der Waals surface area contributed by atoms with Crippen molar-refractivity contribution in [2.75, 3.05) is 11.9 Å². The van der Waals surface area contributed by atoms with Crippen LogP contribution in [0, 0.1) is 5.41 Å². The molecule has 0 saturated heterocycles. The van der Waals surface area contributed by atoms with Gasteiger partial charge < -0.3 is 4.90 Å². The normalized spacial score (nSPS) is 10.0. The number of hydrogen-bond acceptors (Lipinski definition) is 1. The van der Waals surface area contributed by atoms with Crippen LogP contribution >= 0.6 is 11.6 Å². The summed E-state index contributed by atoms with van der Waals surface area (Å²) in [5.74, 6) is 0.452. The molecule has 0 amide bonds. The van der Waals surface area contributed by atoms with E-state index < -0.39 is 0 Å². The molecule has 0 aliphatic carbocycles. The van der Waals surface area contributed by atoms with Gasteiger partial charge in [0.05, 0.1) is 0 Å². The fourth-order valence-electron chi connectivity index (χ4n) is 1.58. The Morgan fingerprint density at radius 3 is 2.18 bits per heavy atom. The number of nitrogens with one attached hydrogen (secondary N) is 1. The number of rotatable bonds is 2. The van der Waals surface area contributed by atoms with Crippen LogP contribution in [0.1, 0.15) is 5.56 Å². The molecule has 0 atom stereocenters. The van der Waals surface area contributed by atoms with E-state index >= 15 is 0 Å². The van der Waals surface area contributed by atoms with Crippen LogP contribution in [0.2, 0.25) is 5.02 Å². The Balaban J connectivity index is 2.23. The number of hydrogen-bond donors (Lipinski definition) is 1. The summed E-state index contributed by atoms with van der Waals surface area (Å²) in [7, 11) is 1.88. The molecule has 17 heavy (non-hydrogen) atoms. The molecule has 0 bridgehead atoms. The van der Waals surface area contributed by atoms with E-state index in [-0.39, 0.29) is 0 Å². The van der Waals surface area contributed by atoms with Crippen molar-refractivity contribution in [3.63, 3.8) is 0 Å². The maximum absolute atomic E-state index is 8.13. The van der Waals surface area contributed by atoms with Gasteiger partial charge in [0.15, 0.2) is 0 Å². The summed E-state index contributed by atoms with van der Waals surface area (Å²) in [6, 6.07) is 17.1. The second-order valence-electron chi connectivity index (χ2n) is 3.75. The molecular weight excluding hydrogens is 232 g/mol. The second kappa shape index (κ2) is 5.02. The highest BCUT2D eigenvalue weighted by Crippen LogP contribution is 2.16. The molecule has 0 aliphatic rings. The van der Waals surface area contributed by atoms with Gasteiger partial charge in [-0.1, -0.05) is 29.8 Å². The Morgan fingerprint density at radius 1 is 1.00 bits per heavy atom.